The van der Waals surface area contributed by atoms with Crippen LogP contribution in [0.1, 0.15) is 41.6 Å². The Morgan fingerprint density at radius 1 is 1.16 bits per heavy atom. The van der Waals surface area contributed by atoms with Crippen LogP contribution in [0.15, 0.2) is 36.4 Å². The Morgan fingerprint density at radius 2 is 2.00 bits per heavy atom. The summed E-state index contributed by atoms with van der Waals surface area (Å²) in [6.07, 6.45) is 5.19. The molecule has 198 valence electrons. The van der Waals surface area contributed by atoms with Gasteiger partial charge in [0.2, 0.25) is 0 Å². The molecule has 3 heterocycles. The van der Waals surface area contributed by atoms with Crippen LogP contribution in [-0.2, 0) is 20.0 Å². The van der Waals surface area contributed by atoms with Gasteiger partial charge in [-0.25, -0.2) is 4.98 Å². The number of aliphatic hydroxyl groups excluding tert-OH is 1. The number of para-hydroxylation sites is 1. The van der Waals surface area contributed by atoms with Crippen molar-refractivity contribution in [3.05, 3.63) is 47.5 Å². The molecule has 4 aromatic rings. The molecule has 3 aliphatic rings. The topological polar surface area (TPSA) is 98.5 Å². The second kappa shape index (κ2) is 8.85. The van der Waals surface area contributed by atoms with E-state index < -0.39 is 0 Å². The number of aryl methyl sites for hydroxylation is 1. The highest BCUT2D eigenvalue weighted by Gasteiger charge is 2.47. The normalized spacial score (nSPS) is 22.7. The average Bonchev–Trinajstić information content (AvgIpc) is 3.31. The van der Waals surface area contributed by atoms with Gasteiger partial charge in [-0.1, -0.05) is 18.2 Å². The summed E-state index contributed by atoms with van der Waals surface area (Å²) in [5.41, 5.74) is 12.0. The van der Waals surface area contributed by atoms with Crippen LogP contribution < -0.4 is 10.5 Å². The molecule has 8 heteroatoms. The molecular weight excluding hydrogens is 478 g/mol. The van der Waals surface area contributed by atoms with Crippen molar-refractivity contribution in [1.29, 1.82) is 0 Å². The van der Waals surface area contributed by atoms with Gasteiger partial charge in [-0.3, -0.25) is 4.79 Å². The molecule has 3 N–H and O–H groups in total. The van der Waals surface area contributed by atoms with Crippen molar-refractivity contribution in [2.75, 3.05) is 20.3 Å². The number of benzene rings is 2. The third-order valence-electron chi connectivity index (χ3n) is 9.07. The summed E-state index contributed by atoms with van der Waals surface area (Å²) in [4.78, 5) is 20.7. The Morgan fingerprint density at radius 3 is 2.68 bits per heavy atom. The molecule has 0 spiro atoms. The molecule has 1 saturated heterocycles. The van der Waals surface area contributed by atoms with Gasteiger partial charge in [0.1, 0.15) is 11.3 Å². The van der Waals surface area contributed by atoms with Crippen LogP contribution in [0.25, 0.3) is 33.5 Å². The third kappa shape index (κ3) is 3.57. The smallest absolute Gasteiger partial charge is 0.254 e. The van der Waals surface area contributed by atoms with Gasteiger partial charge in [-0.2, -0.15) is 0 Å². The first-order valence-corrected chi connectivity index (χ1v) is 13.8. The maximum atomic E-state index is 13.6. The van der Waals surface area contributed by atoms with Gasteiger partial charge >= 0.3 is 0 Å². The van der Waals surface area contributed by atoms with Gasteiger partial charge < -0.3 is 29.6 Å². The first kappa shape index (κ1) is 23.7. The Hall–Kier alpha value is -3.36. The molecule has 1 amide bonds. The molecular formula is C30H35N5O3. The minimum Gasteiger partial charge on any atom is -0.494 e. The Bertz CT molecular complexity index is 1570. The molecule has 2 aromatic carbocycles. The Kier molecular flexibility index (Phi) is 5.53. The highest BCUT2D eigenvalue weighted by atomic mass is 16.5. The number of methoxy groups -OCH3 is 1. The molecule has 2 saturated carbocycles. The van der Waals surface area contributed by atoms with Gasteiger partial charge in [-0.05, 0) is 67.7 Å². The molecule has 2 bridgehead atoms. The lowest BCUT2D eigenvalue weighted by molar-refractivity contribution is 0.0700. The molecule has 8 nitrogen and oxygen atoms in total. The van der Waals surface area contributed by atoms with E-state index in [0.717, 1.165) is 59.4 Å². The van der Waals surface area contributed by atoms with Crippen LogP contribution >= 0.6 is 0 Å². The second-order valence-electron chi connectivity index (χ2n) is 11.4. The number of nitrogens with zero attached hydrogens (tertiary/aromatic N) is 4. The summed E-state index contributed by atoms with van der Waals surface area (Å²) < 4.78 is 10.3. The molecule has 2 aliphatic carbocycles. The first-order valence-electron chi connectivity index (χ1n) is 13.8. The van der Waals surface area contributed by atoms with Crippen molar-refractivity contribution < 1.29 is 14.6 Å². The zero-order chi connectivity index (χ0) is 26.1. The predicted octanol–water partition coefficient (Wildman–Crippen LogP) is 3.71. The van der Waals surface area contributed by atoms with E-state index in [9.17, 15) is 9.90 Å². The van der Waals surface area contributed by atoms with Gasteiger partial charge in [0.05, 0.1) is 23.8 Å². The molecule has 0 unspecified atom stereocenters. The second-order valence-corrected chi connectivity index (χ2v) is 11.4. The fourth-order valence-electron chi connectivity index (χ4n) is 6.92. The van der Waals surface area contributed by atoms with E-state index >= 15 is 0 Å². The van der Waals surface area contributed by atoms with Crippen LogP contribution in [-0.4, -0.2) is 62.4 Å². The number of imidazole rings is 1. The van der Waals surface area contributed by atoms with E-state index in [-0.39, 0.29) is 24.6 Å². The maximum Gasteiger partial charge on any atom is 0.254 e. The fourth-order valence-corrected chi connectivity index (χ4v) is 6.92. The number of ether oxygens (including phenoxy) is 1. The zero-order valence-corrected chi connectivity index (χ0v) is 22.1. The molecule has 1 aliphatic heterocycles. The highest BCUT2D eigenvalue weighted by molar-refractivity contribution is 6.00. The van der Waals surface area contributed by atoms with Gasteiger partial charge in [-0.15, -0.1) is 0 Å². The molecule has 38 heavy (non-hydrogen) atoms. The van der Waals surface area contributed by atoms with Crippen LogP contribution in [0.5, 0.6) is 5.75 Å². The predicted molar refractivity (Wildman–Crippen MR) is 147 cm³/mol. The van der Waals surface area contributed by atoms with Crippen LogP contribution in [0.3, 0.4) is 0 Å². The standard InChI is InChI=1S/C30H35N5O3/c1-33-28-22(12-21(14-25(28)38-2)30(37)35-16-20-8-9-23(35)26(20)31)32-29(33)24-13-19-5-3-4-18(10-11-36)27(19)34(24)15-17-6-7-17/h3-5,12-14,17,20,23,26,36H,6-11,15-16,31H2,1-2H3/t20-,23-,26-/m1/s1. The molecule has 3 atom stereocenters. The number of aliphatic hydroxyl groups is 1. The van der Waals surface area contributed by atoms with Gasteiger partial charge in [0, 0.05) is 49.8 Å². The summed E-state index contributed by atoms with van der Waals surface area (Å²) in [7, 11) is 3.66. The van der Waals surface area contributed by atoms with Gasteiger partial charge in [0.25, 0.3) is 5.91 Å². The number of hydrogen-bond acceptors (Lipinski definition) is 5. The third-order valence-corrected chi connectivity index (χ3v) is 9.07. The number of hydrogen-bond donors (Lipinski definition) is 2. The van der Waals surface area contributed by atoms with E-state index in [1.807, 2.05) is 24.1 Å². The van der Waals surface area contributed by atoms with Crippen molar-refractivity contribution in [1.82, 2.24) is 19.0 Å². The monoisotopic (exact) mass is 513 g/mol. The fraction of sp³-hybridized carbons (Fsp3) is 0.467. The summed E-state index contributed by atoms with van der Waals surface area (Å²) in [6.45, 7) is 1.78. The number of nitrogens with two attached hydrogens (primary N) is 1. The van der Waals surface area contributed by atoms with Crippen LogP contribution in [0.4, 0.5) is 0 Å². The van der Waals surface area contributed by atoms with E-state index in [1.165, 1.54) is 18.4 Å². The number of piperidine rings is 1. The number of rotatable bonds is 7. The lowest BCUT2D eigenvalue weighted by Crippen LogP contribution is -2.41. The van der Waals surface area contributed by atoms with Crippen molar-refractivity contribution in [3.8, 4) is 17.3 Å². The number of likely N-dealkylation sites (tertiary alicyclic amines) is 1. The zero-order valence-electron chi connectivity index (χ0n) is 22.1. The number of carbonyl (C=O) groups excluding carboxylic acids is 1. The van der Waals surface area contributed by atoms with Crippen molar-refractivity contribution >= 4 is 27.8 Å². The van der Waals surface area contributed by atoms with E-state index in [0.29, 0.717) is 29.6 Å². The summed E-state index contributed by atoms with van der Waals surface area (Å²) in [5.74, 6) is 2.57. The van der Waals surface area contributed by atoms with Crippen molar-refractivity contribution in [3.63, 3.8) is 0 Å². The van der Waals surface area contributed by atoms with E-state index in [2.05, 4.69) is 33.4 Å². The number of carbonyl (C=O) groups is 1. The molecule has 0 radical (unpaired) electrons. The minimum atomic E-state index is 0.0107. The SMILES string of the molecule is COc1cc(C(=O)N2C[C@H]3CC[C@@H]2[C@@H]3N)cc2nc(-c3cc4cccc(CCO)c4n3CC3CC3)n(C)c12. The first-order chi connectivity index (χ1) is 18.5. The van der Waals surface area contributed by atoms with E-state index in [4.69, 9.17) is 15.5 Å². The minimum absolute atomic E-state index is 0.0107. The largest absolute Gasteiger partial charge is 0.494 e. The summed E-state index contributed by atoms with van der Waals surface area (Å²) in [6, 6.07) is 12.5. The van der Waals surface area contributed by atoms with E-state index in [1.54, 1.807) is 7.11 Å². The average molecular weight is 514 g/mol. The van der Waals surface area contributed by atoms with Crippen molar-refractivity contribution in [2.45, 2.75) is 50.7 Å². The van der Waals surface area contributed by atoms with Crippen LogP contribution in [0, 0.1) is 11.8 Å². The highest BCUT2D eigenvalue weighted by Crippen LogP contribution is 2.40. The Labute approximate surface area is 222 Å². The lowest BCUT2D eigenvalue weighted by Gasteiger charge is -2.27. The number of aromatic nitrogens is 3. The number of amides is 1. The quantitative estimate of drug-likeness (QED) is 0.393. The van der Waals surface area contributed by atoms with Gasteiger partial charge in [0.15, 0.2) is 5.82 Å². The number of fused-ring (bicyclic) bond motifs is 4. The van der Waals surface area contributed by atoms with Crippen molar-refractivity contribution in [2.24, 2.45) is 24.6 Å². The summed E-state index contributed by atoms with van der Waals surface area (Å²) >= 11 is 0. The molecule has 2 aromatic heterocycles. The molecule has 3 fully saturated rings. The summed E-state index contributed by atoms with van der Waals surface area (Å²) in [5, 5.41) is 10.9. The maximum absolute atomic E-state index is 13.6. The lowest BCUT2D eigenvalue weighted by atomic mass is 10.1. The molecule has 7 rings (SSSR count). The Balaban J connectivity index is 1.36. The van der Waals surface area contributed by atoms with Crippen LogP contribution in [0.2, 0.25) is 0 Å².